The SMILES string of the molecule is O=c1oc(-c2ccccc2Br)ns1. The van der Waals surface area contributed by atoms with E-state index in [1.807, 2.05) is 24.3 Å². The van der Waals surface area contributed by atoms with Gasteiger partial charge in [-0.15, -0.1) is 4.37 Å². The van der Waals surface area contributed by atoms with Crippen molar-refractivity contribution in [3.05, 3.63) is 38.5 Å². The van der Waals surface area contributed by atoms with Crippen molar-refractivity contribution in [1.82, 2.24) is 4.37 Å². The molecule has 0 atom stereocenters. The summed E-state index contributed by atoms with van der Waals surface area (Å²) >= 11 is 4.16. The fourth-order valence-corrected chi connectivity index (χ4v) is 1.80. The summed E-state index contributed by atoms with van der Waals surface area (Å²) in [6, 6.07) is 7.45. The molecule has 66 valence electrons. The minimum Gasteiger partial charge on any atom is -0.394 e. The quantitative estimate of drug-likeness (QED) is 0.789. The lowest BCUT2D eigenvalue weighted by atomic mass is 10.2. The number of rotatable bonds is 1. The average Bonchev–Trinajstić information content (AvgIpc) is 2.53. The molecule has 0 aliphatic heterocycles. The van der Waals surface area contributed by atoms with Crippen LogP contribution >= 0.6 is 27.5 Å². The third-order valence-electron chi connectivity index (χ3n) is 1.49. The third kappa shape index (κ3) is 1.71. The van der Waals surface area contributed by atoms with Gasteiger partial charge in [-0.25, -0.2) is 4.79 Å². The average molecular weight is 258 g/mol. The van der Waals surface area contributed by atoms with Gasteiger partial charge in [0.15, 0.2) is 0 Å². The van der Waals surface area contributed by atoms with Crippen LogP contribution in [0.15, 0.2) is 37.9 Å². The Kier molecular flexibility index (Phi) is 2.28. The van der Waals surface area contributed by atoms with Gasteiger partial charge < -0.3 is 4.42 Å². The Labute approximate surface area is 86.3 Å². The lowest BCUT2D eigenvalue weighted by Crippen LogP contribution is -1.82. The Morgan fingerprint density at radius 1 is 1.38 bits per heavy atom. The maximum absolute atomic E-state index is 10.7. The van der Waals surface area contributed by atoms with E-state index in [9.17, 15) is 4.79 Å². The molecule has 0 saturated heterocycles. The number of aromatic nitrogens is 1. The van der Waals surface area contributed by atoms with Gasteiger partial charge in [-0.3, -0.25) is 0 Å². The molecular formula is C8H4BrNO2S. The molecule has 0 aliphatic rings. The summed E-state index contributed by atoms with van der Waals surface area (Å²) in [7, 11) is 0. The first-order chi connectivity index (χ1) is 6.27. The fraction of sp³-hybridized carbons (Fsp3) is 0. The van der Waals surface area contributed by atoms with E-state index in [4.69, 9.17) is 4.42 Å². The van der Waals surface area contributed by atoms with E-state index in [1.54, 1.807) is 0 Å². The van der Waals surface area contributed by atoms with E-state index in [1.165, 1.54) is 0 Å². The zero-order valence-electron chi connectivity index (χ0n) is 6.36. The Balaban J connectivity index is 2.58. The van der Waals surface area contributed by atoms with E-state index in [-0.39, 0.29) is 4.94 Å². The van der Waals surface area contributed by atoms with Crippen molar-refractivity contribution >= 4 is 27.5 Å². The van der Waals surface area contributed by atoms with Gasteiger partial charge in [0.1, 0.15) is 0 Å². The Hall–Kier alpha value is -0.940. The van der Waals surface area contributed by atoms with E-state index in [2.05, 4.69) is 20.3 Å². The minimum atomic E-state index is -0.384. The number of hydrogen-bond acceptors (Lipinski definition) is 4. The van der Waals surface area contributed by atoms with Crippen LogP contribution in [0.1, 0.15) is 0 Å². The van der Waals surface area contributed by atoms with Crippen LogP contribution < -0.4 is 4.94 Å². The lowest BCUT2D eigenvalue weighted by Gasteiger charge is -1.95. The summed E-state index contributed by atoms with van der Waals surface area (Å²) < 4.78 is 9.62. The fourth-order valence-electron chi connectivity index (χ4n) is 0.934. The summed E-state index contributed by atoms with van der Waals surface area (Å²) in [6.45, 7) is 0. The van der Waals surface area contributed by atoms with Crippen LogP contribution in [0.3, 0.4) is 0 Å². The normalized spacial score (nSPS) is 10.2. The molecule has 5 heteroatoms. The molecule has 0 bridgehead atoms. The Morgan fingerprint density at radius 3 is 2.77 bits per heavy atom. The van der Waals surface area contributed by atoms with Crippen molar-refractivity contribution in [2.75, 3.05) is 0 Å². The zero-order valence-corrected chi connectivity index (χ0v) is 8.76. The monoisotopic (exact) mass is 257 g/mol. The zero-order chi connectivity index (χ0) is 9.26. The highest BCUT2D eigenvalue weighted by atomic mass is 79.9. The van der Waals surface area contributed by atoms with Crippen LogP contribution in [-0.4, -0.2) is 4.37 Å². The second kappa shape index (κ2) is 3.43. The van der Waals surface area contributed by atoms with Gasteiger partial charge >= 0.3 is 4.94 Å². The molecule has 0 fully saturated rings. The highest BCUT2D eigenvalue weighted by Crippen LogP contribution is 2.25. The standard InChI is InChI=1S/C8H4BrNO2S/c9-6-4-2-1-3-5(6)7-10-13-8(11)12-7/h1-4H. The van der Waals surface area contributed by atoms with Crippen molar-refractivity contribution in [2.45, 2.75) is 0 Å². The first-order valence-electron chi connectivity index (χ1n) is 3.49. The van der Waals surface area contributed by atoms with Gasteiger partial charge in [0, 0.05) is 4.47 Å². The predicted molar refractivity (Wildman–Crippen MR) is 53.8 cm³/mol. The molecule has 0 N–H and O–H groups in total. The van der Waals surface area contributed by atoms with E-state index >= 15 is 0 Å². The molecule has 1 aromatic heterocycles. The molecule has 13 heavy (non-hydrogen) atoms. The smallest absolute Gasteiger partial charge is 0.394 e. The maximum Gasteiger partial charge on any atom is 0.414 e. The topological polar surface area (TPSA) is 43.1 Å². The second-order valence-electron chi connectivity index (χ2n) is 2.32. The predicted octanol–water partition coefficient (Wildman–Crippen LogP) is 2.53. The number of nitrogens with zero attached hydrogens (tertiary/aromatic N) is 1. The molecule has 0 radical (unpaired) electrons. The first kappa shape index (κ1) is 8.65. The first-order valence-corrected chi connectivity index (χ1v) is 5.06. The summed E-state index contributed by atoms with van der Waals surface area (Å²) in [5, 5.41) is 0. The molecule has 3 nitrogen and oxygen atoms in total. The van der Waals surface area contributed by atoms with Gasteiger partial charge in [-0.2, -0.15) is 0 Å². The van der Waals surface area contributed by atoms with Crippen LogP contribution in [0.5, 0.6) is 0 Å². The Morgan fingerprint density at radius 2 is 2.15 bits per heavy atom. The van der Waals surface area contributed by atoms with E-state index in [0.717, 1.165) is 21.6 Å². The molecule has 0 aliphatic carbocycles. The van der Waals surface area contributed by atoms with Gasteiger partial charge in [0.05, 0.1) is 17.1 Å². The van der Waals surface area contributed by atoms with Crippen LogP contribution in [0.25, 0.3) is 11.5 Å². The molecule has 0 spiro atoms. The largest absolute Gasteiger partial charge is 0.414 e. The summed E-state index contributed by atoms with van der Waals surface area (Å²) in [5.74, 6) is 0.363. The molecule has 0 amide bonds. The molecular weight excluding hydrogens is 254 g/mol. The van der Waals surface area contributed by atoms with Crippen LogP contribution in [0, 0.1) is 0 Å². The molecule has 2 aromatic rings. The van der Waals surface area contributed by atoms with Crippen LogP contribution in [-0.2, 0) is 0 Å². The summed E-state index contributed by atoms with van der Waals surface area (Å²) in [6.07, 6.45) is 0. The van der Waals surface area contributed by atoms with Crippen molar-refractivity contribution < 1.29 is 4.42 Å². The Bertz CT molecular complexity index is 477. The van der Waals surface area contributed by atoms with Gasteiger partial charge in [-0.1, -0.05) is 12.1 Å². The molecule has 1 heterocycles. The highest BCUT2D eigenvalue weighted by molar-refractivity contribution is 9.10. The van der Waals surface area contributed by atoms with Gasteiger partial charge in [0.25, 0.3) is 0 Å². The molecule has 1 aromatic carbocycles. The van der Waals surface area contributed by atoms with Gasteiger partial charge in [-0.05, 0) is 28.1 Å². The summed E-state index contributed by atoms with van der Waals surface area (Å²) in [5.41, 5.74) is 0.792. The highest BCUT2D eigenvalue weighted by Gasteiger charge is 2.07. The third-order valence-corrected chi connectivity index (χ3v) is 2.67. The number of hydrogen-bond donors (Lipinski definition) is 0. The van der Waals surface area contributed by atoms with Gasteiger partial charge in [0.2, 0.25) is 5.89 Å². The maximum atomic E-state index is 10.7. The summed E-state index contributed by atoms with van der Waals surface area (Å²) in [4.78, 5) is 10.4. The van der Waals surface area contributed by atoms with E-state index in [0.29, 0.717) is 5.89 Å². The van der Waals surface area contributed by atoms with Crippen molar-refractivity contribution in [1.29, 1.82) is 0 Å². The van der Waals surface area contributed by atoms with Crippen LogP contribution in [0.2, 0.25) is 0 Å². The minimum absolute atomic E-state index is 0.363. The van der Waals surface area contributed by atoms with Crippen molar-refractivity contribution in [3.8, 4) is 11.5 Å². The van der Waals surface area contributed by atoms with Crippen molar-refractivity contribution in [2.24, 2.45) is 0 Å². The second-order valence-corrected chi connectivity index (χ2v) is 3.87. The van der Waals surface area contributed by atoms with Crippen LogP contribution in [0.4, 0.5) is 0 Å². The van der Waals surface area contributed by atoms with E-state index < -0.39 is 0 Å². The number of halogens is 1. The van der Waals surface area contributed by atoms with Crippen molar-refractivity contribution in [3.63, 3.8) is 0 Å². The number of benzene rings is 1. The molecule has 2 rings (SSSR count). The molecule has 0 unspecified atom stereocenters. The molecule has 0 saturated carbocycles. The lowest BCUT2D eigenvalue weighted by molar-refractivity contribution is 0.542.